The lowest BCUT2D eigenvalue weighted by molar-refractivity contribution is -0.165. The first kappa shape index (κ1) is 20.9. The van der Waals surface area contributed by atoms with E-state index in [1.807, 2.05) is 6.92 Å². The molecule has 0 radical (unpaired) electrons. The Morgan fingerprint density at radius 2 is 2.14 bits per heavy atom. The van der Waals surface area contributed by atoms with Crippen LogP contribution in [-0.2, 0) is 29.5 Å². The highest BCUT2D eigenvalue weighted by Crippen LogP contribution is 2.35. The van der Waals surface area contributed by atoms with E-state index in [1.54, 1.807) is 54.2 Å². The average Bonchev–Trinajstić information content (AvgIpc) is 3.00. The van der Waals surface area contributed by atoms with Crippen LogP contribution in [0.3, 0.4) is 0 Å². The lowest BCUT2D eigenvalue weighted by Crippen LogP contribution is -2.58. The number of aliphatic hydroxyl groups excluding tert-OH is 1. The van der Waals surface area contributed by atoms with Gasteiger partial charge in [0, 0.05) is 31.9 Å². The molecule has 2 heterocycles. The summed E-state index contributed by atoms with van der Waals surface area (Å²) in [6.45, 7) is 2.12. The third kappa shape index (κ3) is 4.27. The fourth-order valence-corrected chi connectivity index (χ4v) is 4.00. The van der Waals surface area contributed by atoms with E-state index in [4.69, 9.17) is 4.74 Å². The molecule has 156 valence electrons. The molecular formula is C21H27N3O5. The van der Waals surface area contributed by atoms with E-state index >= 15 is 0 Å². The summed E-state index contributed by atoms with van der Waals surface area (Å²) in [7, 11) is 3.34. The molecule has 0 spiro atoms. The van der Waals surface area contributed by atoms with E-state index in [0.29, 0.717) is 12.3 Å². The second kappa shape index (κ2) is 8.24. The van der Waals surface area contributed by atoms with Crippen molar-refractivity contribution in [3.8, 4) is 5.75 Å². The second-order valence-corrected chi connectivity index (χ2v) is 7.70. The molecule has 29 heavy (non-hydrogen) atoms. The number of nitrogens with zero attached hydrogens (tertiary/aromatic N) is 3. The molecule has 1 aromatic carbocycles. The Morgan fingerprint density at radius 3 is 2.76 bits per heavy atom. The molecule has 8 heteroatoms. The average molecular weight is 401 g/mol. The number of piperidine rings is 1. The molecule has 3 rings (SSSR count). The number of ether oxygens (including phenoxy) is 1. The van der Waals surface area contributed by atoms with Crippen molar-refractivity contribution in [2.75, 3.05) is 20.2 Å². The number of carboxylic acids is 1. The molecule has 1 aromatic heterocycles. The molecule has 0 aliphatic carbocycles. The van der Waals surface area contributed by atoms with Crippen molar-refractivity contribution in [3.05, 3.63) is 47.3 Å². The van der Waals surface area contributed by atoms with Crippen molar-refractivity contribution < 1.29 is 24.5 Å². The molecule has 1 saturated heterocycles. The number of carbonyl (C=O) groups is 2. The zero-order valence-electron chi connectivity index (χ0n) is 17.0. The van der Waals surface area contributed by atoms with Gasteiger partial charge >= 0.3 is 5.97 Å². The molecule has 1 aliphatic rings. The summed E-state index contributed by atoms with van der Waals surface area (Å²) in [6, 6.07) is 7.13. The lowest BCUT2D eigenvalue weighted by atomic mass is 9.72. The van der Waals surface area contributed by atoms with Crippen LogP contribution in [0.25, 0.3) is 0 Å². The van der Waals surface area contributed by atoms with Crippen LogP contribution in [0.4, 0.5) is 0 Å². The summed E-state index contributed by atoms with van der Waals surface area (Å²) in [6.07, 6.45) is 1.23. The Bertz CT molecular complexity index is 909. The SMILES string of the molecule is COc1cccc(C[C@@]2(C(=O)O)CN(C(=O)Cc3cn(C)nc3C)CC[C@@H]2O)c1. The minimum atomic E-state index is -1.47. The predicted octanol–water partition coefficient (Wildman–Crippen LogP) is 1.19. The van der Waals surface area contributed by atoms with Gasteiger partial charge in [0.15, 0.2) is 0 Å². The van der Waals surface area contributed by atoms with Gasteiger partial charge in [0.1, 0.15) is 11.2 Å². The Morgan fingerprint density at radius 1 is 1.38 bits per heavy atom. The summed E-state index contributed by atoms with van der Waals surface area (Å²) in [5, 5.41) is 24.9. The van der Waals surface area contributed by atoms with Gasteiger partial charge in [-0.15, -0.1) is 0 Å². The molecule has 2 aromatic rings. The molecule has 2 N–H and O–H groups in total. The standard InChI is InChI=1S/C21H27N3O5/c1-14-16(12-23(2)22-14)10-19(26)24-8-7-18(25)21(13-24,20(27)28)11-15-5-4-6-17(9-15)29-3/h4-6,9,12,18,25H,7-8,10-11,13H2,1-3H3,(H,27,28)/t18-,21+/m0/s1. The number of amides is 1. The number of hydrogen-bond acceptors (Lipinski definition) is 5. The Hall–Kier alpha value is -2.87. The number of hydrogen-bond donors (Lipinski definition) is 2. The number of carbonyl (C=O) groups excluding carboxylic acids is 1. The molecule has 1 aliphatic heterocycles. The van der Waals surface area contributed by atoms with Crippen molar-refractivity contribution >= 4 is 11.9 Å². The van der Waals surface area contributed by atoms with Gasteiger partial charge in [-0.05, 0) is 37.5 Å². The zero-order valence-corrected chi connectivity index (χ0v) is 17.0. The summed E-state index contributed by atoms with van der Waals surface area (Å²) < 4.78 is 6.88. The van der Waals surface area contributed by atoms with Crippen LogP contribution < -0.4 is 4.74 Å². The molecular weight excluding hydrogens is 374 g/mol. The molecule has 1 amide bonds. The molecule has 0 bridgehead atoms. The monoisotopic (exact) mass is 401 g/mol. The van der Waals surface area contributed by atoms with Crippen molar-refractivity contribution in [3.63, 3.8) is 0 Å². The number of rotatable bonds is 6. The number of aromatic nitrogens is 2. The number of benzene rings is 1. The number of likely N-dealkylation sites (tertiary alicyclic amines) is 1. The van der Waals surface area contributed by atoms with E-state index in [9.17, 15) is 19.8 Å². The van der Waals surface area contributed by atoms with Gasteiger partial charge in [0.05, 0.1) is 25.3 Å². The summed E-state index contributed by atoms with van der Waals surface area (Å²) >= 11 is 0. The number of methoxy groups -OCH3 is 1. The van der Waals surface area contributed by atoms with Crippen molar-refractivity contribution in [1.29, 1.82) is 0 Å². The Labute approximate surface area is 169 Å². The molecule has 0 saturated carbocycles. The number of aliphatic hydroxyl groups is 1. The zero-order chi connectivity index (χ0) is 21.2. The van der Waals surface area contributed by atoms with Crippen molar-refractivity contribution in [1.82, 2.24) is 14.7 Å². The first-order valence-electron chi connectivity index (χ1n) is 9.56. The Balaban J connectivity index is 1.83. The van der Waals surface area contributed by atoms with Crippen molar-refractivity contribution in [2.45, 2.75) is 32.3 Å². The number of aryl methyl sites for hydroxylation is 2. The van der Waals surface area contributed by atoms with Gasteiger partial charge in [0.2, 0.25) is 5.91 Å². The second-order valence-electron chi connectivity index (χ2n) is 7.70. The van der Waals surface area contributed by atoms with E-state index < -0.39 is 17.5 Å². The van der Waals surface area contributed by atoms with E-state index in [-0.39, 0.29) is 31.7 Å². The maximum absolute atomic E-state index is 12.9. The van der Waals surface area contributed by atoms with Gasteiger partial charge in [-0.3, -0.25) is 14.3 Å². The quantitative estimate of drug-likeness (QED) is 0.753. The van der Waals surface area contributed by atoms with E-state index in [0.717, 1.165) is 16.8 Å². The van der Waals surface area contributed by atoms with Gasteiger partial charge < -0.3 is 19.8 Å². The minimum Gasteiger partial charge on any atom is -0.497 e. The van der Waals surface area contributed by atoms with Gasteiger partial charge in [-0.2, -0.15) is 5.10 Å². The largest absolute Gasteiger partial charge is 0.497 e. The first-order valence-corrected chi connectivity index (χ1v) is 9.56. The van der Waals surface area contributed by atoms with Crippen LogP contribution >= 0.6 is 0 Å². The molecule has 0 unspecified atom stereocenters. The molecule has 8 nitrogen and oxygen atoms in total. The van der Waals surface area contributed by atoms with Gasteiger partial charge in [0.25, 0.3) is 0 Å². The number of aliphatic carboxylic acids is 1. The third-order valence-corrected chi connectivity index (χ3v) is 5.67. The maximum Gasteiger partial charge on any atom is 0.314 e. The third-order valence-electron chi connectivity index (χ3n) is 5.67. The van der Waals surface area contributed by atoms with Crippen LogP contribution in [0, 0.1) is 12.3 Å². The predicted molar refractivity (Wildman–Crippen MR) is 106 cm³/mol. The molecule has 2 atom stereocenters. The lowest BCUT2D eigenvalue weighted by Gasteiger charge is -2.43. The fraction of sp³-hybridized carbons (Fsp3) is 0.476. The van der Waals surface area contributed by atoms with Crippen LogP contribution in [-0.4, -0.2) is 63.1 Å². The van der Waals surface area contributed by atoms with Crippen LogP contribution in [0.5, 0.6) is 5.75 Å². The van der Waals surface area contributed by atoms with E-state index in [2.05, 4.69) is 5.10 Å². The van der Waals surface area contributed by atoms with Crippen molar-refractivity contribution in [2.24, 2.45) is 12.5 Å². The first-order chi connectivity index (χ1) is 13.7. The highest BCUT2D eigenvalue weighted by molar-refractivity contribution is 5.82. The minimum absolute atomic E-state index is 0.0428. The number of carboxylic acid groups (broad SMARTS) is 1. The van der Waals surface area contributed by atoms with Crippen LogP contribution in [0.1, 0.15) is 23.2 Å². The normalized spacial score (nSPS) is 21.8. The van der Waals surface area contributed by atoms with Gasteiger partial charge in [-0.1, -0.05) is 12.1 Å². The smallest absolute Gasteiger partial charge is 0.314 e. The highest BCUT2D eigenvalue weighted by atomic mass is 16.5. The van der Waals surface area contributed by atoms with Crippen LogP contribution in [0.15, 0.2) is 30.5 Å². The fourth-order valence-electron chi connectivity index (χ4n) is 4.00. The van der Waals surface area contributed by atoms with E-state index in [1.165, 1.54) is 0 Å². The van der Waals surface area contributed by atoms with Crippen LogP contribution in [0.2, 0.25) is 0 Å². The molecule has 1 fully saturated rings. The summed E-state index contributed by atoms with van der Waals surface area (Å²) in [5.74, 6) is -0.652. The maximum atomic E-state index is 12.9. The summed E-state index contributed by atoms with van der Waals surface area (Å²) in [5.41, 5.74) is 0.865. The highest BCUT2D eigenvalue weighted by Gasteiger charge is 2.50. The van der Waals surface area contributed by atoms with Gasteiger partial charge in [-0.25, -0.2) is 0 Å². The summed E-state index contributed by atoms with van der Waals surface area (Å²) in [4.78, 5) is 26.7. The Kier molecular flexibility index (Phi) is 5.93. The topological polar surface area (TPSA) is 105 Å².